The average molecular weight is 267 g/mol. The summed E-state index contributed by atoms with van der Waals surface area (Å²) in [6, 6.07) is 8.83. The van der Waals surface area contributed by atoms with E-state index in [1.165, 1.54) is 4.90 Å². The monoisotopic (exact) mass is 267 g/mol. The van der Waals surface area contributed by atoms with Crippen molar-refractivity contribution in [2.24, 2.45) is 0 Å². The van der Waals surface area contributed by atoms with Crippen LogP contribution in [0.15, 0.2) is 48.5 Å². The highest BCUT2D eigenvalue weighted by atomic mass is 16.5. The number of hydrogen-bond acceptors (Lipinski definition) is 4. The lowest BCUT2D eigenvalue weighted by molar-refractivity contribution is -0.117. The van der Waals surface area contributed by atoms with Crippen LogP contribution in [0.25, 0.3) is 6.08 Å². The third-order valence-corrected chi connectivity index (χ3v) is 3.08. The molecular formula is C15H13N3O2. The second-order valence-electron chi connectivity index (χ2n) is 4.48. The molecule has 1 aromatic heterocycles. The summed E-state index contributed by atoms with van der Waals surface area (Å²) in [6.45, 7) is 0. The number of nitrogens with zero attached hydrogens (tertiary/aromatic N) is 2. The van der Waals surface area contributed by atoms with Gasteiger partial charge in [0, 0.05) is 25.1 Å². The Kier molecular flexibility index (Phi) is 2.87. The molecule has 2 heterocycles. The molecular weight excluding hydrogens is 254 g/mol. The third kappa shape index (κ3) is 2.09. The van der Waals surface area contributed by atoms with Gasteiger partial charge in [0.2, 0.25) is 0 Å². The maximum Gasteiger partial charge on any atom is 0.293 e. The fraction of sp³-hybridized carbons (Fsp3) is 0.0667. The van der Waals surface area contributed by atoms with Crippen molar-refractivity contribution in [1.82, 2.24) is 4.98 Å². The predicted molar refractivity (Wildman–Crippen MR) is 77.1 cm³/mol. The van der Waals surface area contributed by atoms with E-state index in [1.807, 2.05) is 12.1 Å². The van der Waals surface area contributed by atoms with Crippen LogP contribution in [-0.2, 0) is 4.79 Å². The lowest BCUT2D eigenvalue weighted by Crippen LogP contribution is -2.33. The van der Waals surface area contributed by atoms with Crippen molar-refractivity contribution in [1.29, 1.82) is 0 Å². The molecule has 0 bridgehead atoms. The van der Waals surface area contributed by atoms with Gasteiger partial charge in [-0.1, -0.05) is 0 Å². The first-order chi connectivity index (χ1) is 9.65. The van der Waals surface area contributed by atoms with Gasteiger partial charge in [0.25, 0.3) is 5.91 Å². The van der Waals surface area contributed by atoms with Crippen LogP contribution in [0.3, 0.4) is 0 Å². The number of ether oxygens (including phenoxy) is 1. The standard InChI is InChI=1S/C15H13N3O2/c1-18-12-9-11(16)2-3-13(12)20-14(15(18)19)8-10-4-6-17-7-5-10/h2-9H,16H2,1H3/b14-8+. The van der Waals surface area contributed by atoms with E-state index in [9.17, 15) is 4.79 Å². The lowest BCUT2D eigenvalue weighted by atomic mass is 10.1. The number of aromatic nitrogens is 1. The minimum atomic E-state index is -0.208. The number of hydrogen-bond donors (Lipinski definition) is 1. The van der Waals surface area contributed by atoms with Crippen molar-refractivity contribution in [3.8, 4) is 5.75 Å². The van der Waals surface area contributed by atoms with E-state index in [2.05, 4.69) is 4.98 Å². The molecule has 0 unspecified atom stereocenters. The zero-order valence-electron chi connectivity index (χ0n) is 10.9. The minimum absolute atomic E-state index is 0.208. The number of fused-ring (bicyclic) bond motifs is 1. The molecule has 0 fully saturated rings. The van der Waals surface area contributed by atoms with Gasteiger partial charge in [-0.2, -0.15) is 0 Å². The summed E-state index contributed by atoms with van der Waals surface area (Å²) in [5, 5.41) is 0. The van der Waals surface area contributed by atoms with E-state index >= 15 is 0 Å². The first-order valence-electron chi connectivity index (χ1n) is 6.12. The summed E-state index contributed by atoms with van der Waals surface area (Å²) in [5.41, 5.74) is 7.85. The van der Waals surface area contributed by atoms with Gasteiger partial charge in [-0.25, -0.2) is 0 Å². The number of rotatable bonds is 1. The minimum Gasteiger partial charge on any atom is -0.449 e. The maximum absolute atomic E-state index is 12.3. The fourth-order valence-corrected chi connectivity index (χ4v) is 2.02. The molecule has 0 saturated carbocycles. The highest BCUT2D eigenvalue weighted by molar-refractivity contribution is 6.09. The zero-order valence-corrected chi connectivity index (χ0v) is 10.9. The van der Waals surface area contributed by atoms with Crippen LogP contribution in [-0.4, -0.2) is 17.9 Å². The summed E-state index contributed by atoms with van der Waals surface area (Å²) in [6.07, 6.45) is 5.02. The third-order valence-electron chi connectivity index (χ3n) is 3.08. The molecule has 2 N–H and O–H groups in total. The smallest absolute Gasteiger partial charge is 0.293 e. The van der Waals surface area contributed by atoms with Gasteiger partial charge in [0.1, 0.15) is 0 Å². The molecule has 1 amide bonds. The van der Waals surface area contributed by atoms with Crippen LogP contribution in [0.4, 0.5) is 11.4 Å². The van der Waals surface area contributed by atoms with Gasteiger partial charge in [-0.05, 0) is 42.0 Å². The van der Waals surface area contributed by atoms with Crippen LogP contribution in [0.1, 0.15) is 5.56 Å². The van der Waals surface area contributed by atoms with Crippen LogP contribution in [0.2, 0.25) is 0 Å². The summed E-state index contributed by atoms with van der Waals surface area (Å²) in [4.78, 5) is 17.7. The number of amides is 1. The van der Waals surface area contributed by atoms with Crippen LogP contribution < -0.4 is 15.4 Å². The number of anilines is 2. The number of benzene rings is 1. The molecule has 1 aliphatic rings. The molecule has 0 aliphatic carbocycles. The van der Waals surface area contributed by atoms with Gasteiger partial charge >= 0.3 is 0 Å². The molecule has 1 aromatic carbocycles. The largest absolute Gasteiger partial charge is 0.449 e. The maximum atomic E-state index is 12.3. The lowest BCUT2D eigenvalue weighted by Gasteiger charge is -2.27. The number of pyridine rings is 1. The van der Waals surface area contributed by atoms with Gasteiger partial charge in [-0.3, -0.25) is 9.78 Å². The Hall–Kier alpha value is -2.82. The van der Waals surface area contributed by atoms with Crippen molar-refractivity contribution >= 4 is 23.4 Å². The second kappa shape index (κ2) is 4.70. The first kappa shape index (κ1) is 12.2. The van der Waals surface area contributed by atoms with Gasteiger partial charge in [0.15, 0.2) is 11.5 Å². The summed E-state index contributed by atoms with van der Waals surface area (Å²) < 4.78 is 5.67. The van der Waals surface area contributed by atoms with Crippen molar-refractivity contribution in [2.45, 2.75) is 0 Å². The Bertz CT molecular complexity index is 696. The number of likely N-dealkylation sites (N-methyl/N-ethyl adjacent to an activating group) is 1. The molecule has 2 aromatic rings. The topological polar surface area (TPSA) is 68.5 Å². The van der Waals surface area contributed by atoms with Gasteiger partial charge in [-0.15, -0.1) is 0 Å². The molecule has 20 heavy (non-hydrogen) atoms. The molecule has 1 aliphatic heterocycles. The molecule has 5 nitrogen and oxygen atoms in total. The van der Waals surface area contributed by atoms with Gasteiger partial charge in [0.05, 0.1) is 5.69 Å². The van der Waals surface area contributed by atoms with E-state index < -0.39 is 0 Å². The molecule has 100 valence electrons. The Morgan fingerprint density at radius 1 is 1.25 bits per heavy atom. The van der Waals surface area contributed by atoms with E-state index in [4.69, 9.17) is 10.5 Å². The second-order valence-corrected chi connectivity index (χ2v) is 4.48. The van der Waals surface area contributed by atoms with Gasteiger partial charge < -0.3 is 15.4 Å². The van der Waals surface area contributed by atoms with Crippen molar-refractivity contribution in [3.63, 3.8) is 0 Å². The van der Waals surface area contributed by atoms with E-state index in [0.717, 1.165) is 5.56 Å². The normalized spacial score (nSPS) is 15.9. The predicted octanol–water partition coefficient (Wildman–Crippen LogP) is 2.06. The van der Waals surface area contributed by atoms with E-state index in [1.54, 1.807) is 43.7 Å². The van der Waals surface area contributed by atoms with Crippen molar-refractivity contribution in [2.75, 3.05) is 17.7 Å². The molecule has 5 heteroatoms. The Morgan fingerprint density at radius 3 is 2.75 bits per heavy atom. The number of carbonyl (C=O) groups excluding carboxylic acids is 1. The fourth-order valence-electron chi connectivity index (χ4n) is 2.02. The van der Waals surface area contributed by atoms with Crippen LogP contribution in [0, 0.1) is 0 Å². The number of nitrogens with two attached hydrogens (primary N) is 1. The Labute approximate surface area is 116 Å². The molecule has 0 saturated heterocycles. The molecule has 0 spiro atoms. The Morgan fingerprint density at radius 2 is 2.00 bits per heavy atom. The SMILES string of the molecule is CN1C(=O)/C(=C\c2ccncc2)Oc2ccc(N)cc21. The zero-order chi connectivity index (χ0) is 14.1. The van der Waals surface area contributed by atoms with E-state index in [-0.39, 0.29) is 11.7 Å². The van der Waals surface area contributed by atoms with E-state index in [0.29, 0.717) is 17.1 Å². The molecule has 0 atom stereocenters. The molecule has 3 rings (SSSR count). The van der Waals surface area contributed by atoms with Crippen molar-refractivity contribution < 1.29 is 9.53 Å². The highest BCUT2D eigenvalue weighted by Gasteiger charge is 2.27. The summed E-state index contributed by atoms with van der Waals surface area (Å²) in [7, 11) is 1.70. The highest BCUT2D eigenvalue weighted by Crippen LogP contribution is 2.36. The number of carbonyl (C=O) groups is 1. The quantitative estimate of drug-likeness (QED) is 0.634. The first-order valence-corrected chi connectivity index (χ1v) is 6.12. The van der Waals surface area contributed by atoms with Crippen LogP contribution in [0.5, 0.6) is 5.75 Å². The average Bonchev–Trinajstić information content (AvgIpc) is 2.46. The summed E-state index contributed by atoms with van der Waals surface area (Å²) >= 11 is 0. The Balaban J connectivity index is 2.03. The molecule has 0 radical (unpaired) electrons. The van der Waals surface area contributed by atoms with Crippen LogP contribution >= 0.6 is 0 Å². The van der Waals surface area contributed by atoms with Crippen molar-refractivity contribution in [3.05, 3.63) is 54.0 Å². The number of nitrogen functional groups attached to an aromatic ring is 1. The summed E-state index contributed by atoms with van der Waals surface area (Å²) in [5.74, 6) is 0.678.